The van der Waals surface area contributed by atoms with E-state index in [0.717, 1.165) is 11.4 Å². The normalized spacial score (nSPS) is 21.9. The highest BCUT2D eigenvalue weighted by Crippen LogP contribution is 2.35. The number of benzene rings is 1. The Morgan fingerprint density at radius 2 is 1.95 bits per heavy atom. The van der Waals surface area contributed by atoms with Crippen molar-refractivity contribution in [2.45, 2.75) is 12.5 Å². The Hall–Kier alpha value is -2.43. The van der Waals surface area contributed by atoms with E-state index in [4.69, 9.17) is 5.73 Å². The minimum Gasteiger partial charge on any atom is -0.369 e. The number of rotatable bonds is 2. The fourth-order valence-electron chi connectivity index (χ4n) is 2.51. The van der Waals surface area contributed by atoms with Gasteiger partial charge < -0.3 is 5.73 Å². The maximum absolute atomic E-state index is 13.1. The molecular weight excluding hydrogens is 255 g/mol. The first-order valence-electron chi connectivity index (χ1n) is 6.38. The predicted molar refractivity (Wildman–Crippen MR) is 77.0 cm³/mol. The molecule has 1 aliphatic heterocycles. The molecule has 0 amide bonds. The lowest BCUT2D eigenvalue weighted by molar-refractivity contribution is 0.515. The Morgan fingerprint density at radius 1 is 1.20 bits per heavy atom. The van der Waals surface area contributed by atoms with Gasteiger partial charge in [0.15, 0.2) is 5.96 Å². The van der Waals surface area contributed by atoms with Gasteiger partial charge in [0.05, 0.1) is 12.2 Å². The lowest BCUT2D eigenvalue weighted by atomic mass is 9.95. The summed E-state index contributed by atoms with van der Waals surface area (Å²) in [5.74, 6) is 0.146. The lowest BCUT2D eigenvalue weighted by Crippen LogP contribution is -2.48. The Labute approximate surface area is 116 Å². The molecule has 4 nitrogen and oxygen atoms in total. The number of hydrogen-bond donors (Lipinski definition) is 1. The summed E-state index contributed by atoms with van der Waals surface area (Å²) in [4.78, 5) is 10.6. The molecule has 5 heteroatoms. The van der Waals surface area contributed by atoms with Crippen LogP contribution in [0.1, 0.15) is 12.6 Å². The minimum absolute atomic E-state index is 0.275. The van der Waals surface area contributed by atoms with Crippen LogP contribution in [0.4, 0.5) is 10.1 Å². The van der Waals surface area contributed by atoms with Crippen LogP contribution in [0, 0.1) is 5.82 Å². The first-order chi connectivity index (χ1) is 9.61. The molecule has 2 aromatic rings. The van der Waals surface area contributed by atoms with Gasteiger partial charge in [-0.25, -0.2) is 4.39 Å². The number of nitrogens with zero attached hydrogens (tertiary/aromatic N) is 3. The van der Waals surface area contributed by atoms with E-state index in [9.17, 15) is 4.39 Å². The second-order valence-corrected chi connectivity index (χ2v) is 4.98. The molecule has 0 saturated heterocycles. The fraction of sp³-hybridized carbons (Fsp3) is 0.200. The van der Waals surface area contributed by atoms with E-state index in [1.54, 1.807) is 18.3 Å². The zero-order chi connectivity index (χ0) is 14.2. The van der Waals surface area contributed by atoms with Gasteiger partial charge in [0.1, 0.15) is 11.4 Å². The van der Waals surface area contributed by atoms with Crippen molar-refractivity contribution in [3.63, 3.8) is 0 Å². The highest BCUT2D eigenvalue weighted by atomic mass is 19.1. The summed E-state index contributed by atoms with van der Waals surface area (Å²) in [7, 11) is 0. The van der Waals surface area contributed by atoms with Gasteiger partial charge in [0, 0.05) is 11.9 Å². The molecule has 0 aliphatic carbocycles. The Kier molecular flexibility index (Phi) is 2.89. The molecule has 0 fully saturated rings. The third-order valence-electron chi connectivity index (χ3n) is 3.57. The number of aliphatic imine (C=N–C) groups is 1. The molecule has 2 heterocycles. The Morgan fingerprint density at radius 3 is 2.60 bits per heavy atom. The van der Waals surface area contributed by atoms with E-state index in [1.807, 2.05) is 30.0 Å². The number of aromatic nitrogens is 1. The quantitative estimate of drug-likeness (QED) is 0.910. The number of hydrogen-bond acceptors (Lipinski definition) is 4. The Balaban J connectivity index is 2.06. The van der Waals surface area contributed by atoms with Gasteiger partial charge >= 0.3 is 0 Å². The van der Waals surface area contributed by atoms with Crippen molar-refractivity contribution >= 4 is 11.6 Å². The van der Waals surface area contributed by atoms with Crippen LogP contribution >= 0.6 is 0 Å². The van der Waals surface area contributed by atoms with Gasteiger partial charge in [-0.15, -0.1) is 0 Å². The highest BCUT2D eigenvalue weighted by molar-refractivity contribution is 5.98. The van der Waals surface area contributed by atoms with Crippen LogP contribution in [0.15, 0.2) is 53.7 Å². The monoisotopic (exact) mass is 270 g/mol. The van der Waals surface area contributed by atoms with Crippen LogP contribution in [-0.4, -0.2) is 17.5 Å². The molecule has 0 saturated carbocycles. The maximum atomic E-state index is 13.1. The number of guanidine groups is 1. The first-order valence-corrected chi connectivity index (χ1v) is 6.38. The largest absolute Gasteiger partial charge is 0.369 e. The summed E-state index contributed by atoms with van der Waals surface area (Å²) < 4.78 is 13.1. The van der Waals surface area contributed by atoms with Crippen LogP contribution in [0.25, 0.3) is 0 Å². The Bertz CT molecular complexity index is 639. The molecule has 0 spiro atoms. The third-order valence-corrected chi connectivity index (χ3v) is 3.57. The lowest BCUT2D eigenvalue weighted by Gasteiger charge is -2.35. The SMILES string of the molecule is CC1(c2ccccn2)CN=C(N)N1c1ccc(F)cc1. The van der Waals surface area contributed by atoms with Gasteiger partial charge in [-0.3, -0.25) is 14.9 Å². The van der Waals surface area contributed by atoms with Crippen molar-refractivity contribution in [2.24, 2.45) is 10.7 Å². The second kappa shape index (κ2) is 4.59. The van der Waals surface area contributed by atoms with Crippen LogP contribution < -0.4 is 10.6 Å². The molecule has 1 aliphatic rings. The molecule has 2 N–H and O–H groups in total. The molecule has 0 bridgehead atoms. The van der Waals surface area contributed by atoms with Crippen LogP contribution in [-0.2, 0) is 5.54 Å². The molecule has 102 valence electrons. The number of halogens is 1. The van der Waals surface area contributed by atoms with E-state index in [0.29, 0.717) is 12.5 Å². The molecule has 1 aromatic heterocycles. The van der Waals surface area contributed by atoms with Crippen molar-refractivity contribution in [3.8, 4) is 0 Å². The molecule has 20 heavy (non-hydrogen) atoms. The summed E-state index contributed by atoms with van der Waals surface area (Å²) in [6.45, 7) is 2.55. The summed E-state index contributed by atoms with van der Waals surface area (Å²) in [6.07, 6.45) is 1.75. The van der Waals surface area contributed by atoms with Gasteiger partial charge in [-0.2, -0.15) is 0 Å². The van der Waals surface area contributed by atoms with Crippen molar-refractivity contribution < 1.29 is 4.39 Å². The molecule has 1 atom stereocenters. The van der Waals surface area contributed by atoms with Gasteiger partial charge in [-0.05, 0) is 43.3 Å². The van der Waals surface area contributed by atoms with Gasteiger partial charge in [0.25, 0.3) is 0 Å². The zero-order valence-electron chi connectivity index (χ0n) is 11.1. The van der Waals surface area contributed by atoms with Crippen molar-refractivity contribution in [3.05, 3.63) is 60.2 Å². The summed E-state index contributed by atoms with van der Waals surface area (Å²) in [5.41, 5.74) is 7.25. The third kappa shape index (κ3) is 1.91. The smallest absolute Gasteiger partial charge is 0.196 e. The van der Waals surface area contributed by atoms with E-state index in [2.05, 4.69) is 9.98 Å². The van der Waals surface area contributed by atoms with Crippen molar-refractivity contribution in [2.75, 3.05) is 11.4 Å². The number of anilines is 1. The highest BCUT2D eigenvalue weighted by Gasteiger charge is 2.41. The van der Waals surface area contributed by atoms with Crippen molar-refractivity contribution in [1.82, 2.24) is 4.98 Å². The second-order valence-electron chi connectivity index (χ2n) is 4.98. The van der Waals surface area contributed by atoms with E-state index >= 15 is 0 Å². The van der Waals surface area contributed by atoms with Crippen LogP contribution in [0.3, 0.4) is 0 Å². The summed E-state index contributed by atoms with van der Waals surface area (Å²) in [5, 5.41) is 0. The summed E-state index contributed by atoms with van der Waals surface area (Å²) >= 11 is 0. The average Bonchev–Trinajstić information content (AvgIpc) is 2.78. The molecule has 3 rings (SSSR count). The van der Waals surface area contributed by atoms with Gasteiger partial charge in [-0.1, -0.05) is 6.07 Å². The molecule has 1 unspecified atom stereocenters. The van der Waals surface area contributed by atoms with E-state index in [1.165, 1.54) is 12.1 Å². The maximum Gasteiger partial charge on any atom is 0.196 e. The molecular formula is C15H15FN4. The zero-order valence-corrected chi connectivity index (χ0v) is 11.1. The fourth-order valence-corrected chi connectivity index (χ4v) is 2.51. The number of pyridine rings is 1. The van der Waals surface area contributed by atoms with Gasteiger partial charge in [0.2, 0.25) is 0 Å². The topological polar surface area (TPSA) is 54.5 Å². The molecule has 1 aromatic carbocycles. The standard InChI is InChI=1S/C15H15FN4/c1-15(13-4-2-3-9-18-13)10-19-14(17)20(15)12-7-5-11(16)6-8-12/h2-9H,10H2,1H3,(H2,17,19). The van der Waals surface area contributed by atoms with E-state index < -0.39 is 5.54 Å². The average molecular weight is 270 g/mol. The number of nitrogens with two attached hydrogens (primary N) is 1. The summed E-state index contributed by atoms with van der Waals surface area (Å²) in [6, 6.07) is 12.0. The van der Waals surface area contributed by atoms with Crippen LogP contribution in [0.5, 0.6) is 0 Å². The van der Waals surface area contributed by atoms with E-state index in [-0.39, 0.29) is 5.82 Å². The van der Waals surface area contributed by atoms with Crippen LogP contribution in [0.2, 0.25) is 0 Å². The first kappa shape index (κ1) is 12.6. The predicted octanol–water partition coefficient (Wildman–Crippen LogP) is 2.27. The minimum atomic E-state index is -0.455. The van der Waals surface area contributed by atoms with Crippen molar-refractivity contribution in [1.29, 1.82) is 0 Å². The molecule has 0 radical (unpaired) electrons.